The molecular weight excluding hydrogens is 344 g/mol. The molecule has 0 bridgehead atoms. The quantitative estimate of drug-likeness (QED) is 0.709. The van der Waals surface area contributed by atoms with E-state index in [0.717, 1.165) is 23.4 Å². The summed E-state index contributed by atoms with van der Waals surface area (Å²) in [5.74, 6) is 0.630. The summed E-state index contributed by atoms with van der Waals surface area (Å²) in [5, 5.41) is 5.79. The molecule has 138 valence electrons. The second-order valence-electron chi connectivity index (χ2n) is 6.38. The highest BCUT2D eigenvalue weighted by molar-refractivity contribution is 8.00. The van der Waals surface area contributed by atoms with Crippen LogP contribution in [0, 0.1) is 0 Å². The van der Waals surface area contributed by atoms with E-state index in [1.165, 1.54) is 17.3 Å². The highest BCUT2D eigenvalue weighted by Crippen LogP contribution is 2.23. The van der Waals surface area contributed by atoms with Gasteiger partial charge < -0.3 is 10.6 Å². The first-order chi connectivity index (χ1) is 12.5. The molecule has 5 heteroatoms. The lowest BCUT2D eigenvalue weighted by atomic mass is 10.0. The first-order valence-corrected chi connectivity index (χ1v) is 10.0. The molecule has 2 amide bonds. The first-order valence-electron chi connectivity index (χ1n) is 8.85. The van der Waals surface area contributed by atoms with Crippen molar-refractivity contribution in [2.45, 2.75) is 33.1 Å². The van der Waals surface area contributed by atoms with Gasteiger partial charge in [0.1, 0.15) is 0 Å². The predicted molar refractivity (Wildman–Crippen MR) is 111 cm³/mol. The van der Waals surface area contributed by atoms with Crippen LogP contribution in [0.3, 0.4) is 0 Å². The third kappa shape index (κ3) is 6.23. The molecule has 0 aliphatic heterocycles. The molecule has 0 atom stereocenters. The number of carbonyl (C=O) groups excluding carboxylic acids is 2. The van der Waals surface area contributed by atoms with Crippen molar-refractivity contribution in [3.63, 3.8) is 0 Å². The molecule has 4 nitrogen and oxygen atoms in total. The second kappa shape index (κ2) is 10.0. The van der Waals surface area contributed by atoms with Crippen molar-refractivity contribution in [2.75, 3.05) is 22.1 Å². The van der Waals surface area contributed by atoms with Crippen LogP contribution in [0.4, 0.5) is 11.4 Å². The molecule has 0 aromatic heterocycles. The molecule has 26 heavy (non-hydrogen) atoms. The number of para-hydroxylation sites is 1. The lowest BCUT2D eigenvalue weighted by molar-refractivity contribution is -0.114. The van der Waals surface area contributed by atoms with Crippen LogP contribution in [-0.4, -0.2) is 23.3 Å². The number of hydrogen-bond acceptors (Lipinski definition) is 3. The third-order valence-electron chi connectivity index (χ3n) is 3.97. The van der Waals surface area contributed by atoms with E-state index in [1.807, 2.05) is 48.5 Å². The van der Waals surface area contributed by atoms with Gasteiger partial charge in [0.15, 0.2) is 0 Å². The van der Waals surface area contributed by atoms with Gasteiger partial charge in [-0.2, -0.15) is 0 Å². The second-order valence-corrected chi connectivity index (χ2v) is 7.37. The number of thioether (sulfide) groups is 1. The van der Waals surface area contributed by atoms with Crippen LogP contribution >= 0.6 is 11.8 Å². The summed E-state index contributed by atoms with van der Waals surface area (Å²) in [4.78, 5) is 24.1. The van der Waals surface area contributed by atoms with Crippen LogP contribution in [0.5, 0.6) is 0 Å². The van der Waals surface area contributed by atoms with Gasteiger partial charge in [-0.3, -0.25) is 9.59 Å². The Hall–Kier alpha value is -2.27. The summed E-state index contributed by atoms with van der Waals surface area (Å²) in [6.45, 7) is 6.28. The molecule has 0 fully saturated rings. The van der Waals surface area contributed by atoms with E-state index in [2.05, 4.69) is 31.4 Å². The van der Waals surface area contributed by atoms with Crippen molar-refractivity contribution in [1.82, 2.24) is 0 Å². The fourth-order valence-corrected chi connectivity index (χ4v) is 3.18. The molecule has 2 aromatic carbocycles. The van der Waals surface area contributed by atoms with Gasteiger partial charge in [0.2, 0.25) is 11.8 Å². The molecule has 2 rings (SSSR count). The van der Waals surface area contributed by atoms with Gasteiger partial charge in [-0.1, -0.05) is 51.1 Å². The topological polar surface area (TPSA) is 58.2 Å². The molecule has 0 unspecified atom stereocenters. The van der Waals surface area contributed by atoms with Crippen molar-refractivity contribution in [3.8, 4) is 0 Å². The molecular formula is C21H26N2O2S. The van der Waals surface area contributed by atoms with E-state index in [0.29, 0.717) is 5.92 Å². The Labute approximate surface area is 159 Å². The van der Waals surface area contributed by atoms with Crippen molar-refractivity contribution < 1.29 is 9.59 Å². The maximum Gasteiger partial charge on any atom is 0.234 e. The Bertz CT molecular complexity index is 742. The molecule has 0 aliphatic carbocycles. The number of carbonyl (C=O) groups is 2. The van der Waals surface area contributed by atoms with Gasteiger partial charge in [0.05, 0.1) is 11.5 Å². The van der Waals surface area contributed by atoms with Gasteiger partial charge in [0, 0.05) is 11.4 Å². The van der Waals surface area contributed by atoms with Crippen LogP contribution in [0.2, 0.25) is 0 Å². The average molecular weight is 371 g/mol. The van der Waals surface area contributed by atoms with E-state index in [9.17, 15) is 9.59 Å². The summed E-state index contributed by atoms with van der Waals surface area (Å²) in [6.07, 6.45) is 0.971. The lowest BCUT2D eigenvalue weighted by Gasteiger charge is -2.13. The van der Waals surface area contributed by atoms with E-state index in [1.54, 1.807) is 0 Å². The van der Waals surface area contributed by atoms with Gasteiger partial charge in [0.25, 0.3) is 0 Å². The molecule has 2 N–H and O–H groups in total. The number of hydrogen-bond donors (Lipinski definition) is 2. The lowest BCUT2D eigenvalue weighted by Crippen LogP contribution is -2.19. The average Bonchev–Trinajstić information content (AvgIpc) is 2.62. The summed E-state index contributed by atoms with van der Waals surface area (Å²) >= 11 is 1.31. The van der Waals surface area contributed by atoms with E-state index in [-0.39, 0.29) is 23.3 Å². The Morgan fingerprint density at radius 3 is 2.15 bits per heavy atom. The summed E-state index contributed by atoms with van der Waals surface area (Å²) < 4.78 is 0. The highest BCUT2D eigenvalue weighted by Gasteiger charge is 2.10. The zero-order chi connectivity index (χ0) is 18.9. The highest BCUT2D eigenvalue weighted by atomic mass is 32.2. The zero-order valence-electron chi connectivity index (χ0n) is 15.5. The molecule has 0 saturated heterocycles. The van der Waals surface area contributed by atoms with Gasteiger partial charge >= 0.3 is 0 Å². The summed E-state index contributed by atoms with van der Waals surface area (Å²) in [5.41, 5.74) is 3.96. The Morgan fingerprint density at radius 2 is 1.54 bits per heavy atom. The van der Waals surface area contributed by atoms with Crippen molar-refractivity contribution >= 4 is 35.0 Å². The van der Waals surface area contributed by atoms with Crippen LogP contribution < -0.4 is 10.6 Å². The van der Waals surface area contributed by atoms with Gasteiger partial charge in [-0.05, 0) is 41.7 Å². The minimum Gasteiger partial charge on any atom is -0.325 e. The van der Waals surface area contributed by atoms with Crippen molar-refractivity contribution in [1.29, 1.82) is 0 Å². The standard InChI is InChI=1S/C21H26N2O2S/c1-4-16-9-11-17(12-10-16)22-20(24)13-26-14-21(25)23-19-8-6-5-7-18(19)15(2)3/h5-12,15H,4,13-14H2,1-3H3,(H,22,24)(H,23,25). The predicted octanol–water partition coefficient (Wildman–Crippen LogP) is 4.68. The first kappa shape index (κ1) is 20.0. The van der Waals surface area contributed by atoms with Gasteiger partial charge in [-0.25, -0.2) is 0 Å². The molecule has 0 saturated carbocycles. The smallest absolute Gasteiger partial charge is 0.234 e. The Kier molecular flexibility index (Phi) is 7.73. The fraction of sp³-hybridized carbons (Fsp3) is 0.333. The fourth-order valence-electron chi connectivity index (χ4n) is 2.56. The number of amides is 2. The third-order valence-corrected chi connectivity index (χ3v) is 4.90. The van der Waals surface area contributed by atoms with Crippen molar-refractivity contribution in [3.05, 3.63) is 59.7 Å². The van der Waals surface area contributed by atoms with Crippen molar-refractivity contribution in [2.24, 2.45) is 0 Å². The normalized spacial score (nSPS) is 10.6. The maximum atomic E-state index is 12.1. The monoisotopic (exact) mass is 370 g/mol. The zero-order valence-corrected chi connectivity index (χ0v) is 16.4. The molecule has 0 spiro atoms. The number of anilines is 2. The SMILES string of the molecule is CCc1ccc(NC(=O)CSCC(=O)Nc2ccccc2C(C)C)cc1. The van der Waals surface area contributed by atoms with Crippen LogP contribution in [-0.2, 0) is 16.0 Å². The molecule has 2 aromatic rings. The van der Waals surface area contributed by atoms with Crippen LogP contribution in [0.25, 0.3) is 0 Å². The number of nitrogens with one attached hydrogen (secondary N) is 2. The summed E-state index contributed by atoms with van der Waals surface area (Å²) in [7, 11) is 0. The largest absolute Gasteiger partial charge is 0.325 e. The minimum absolute atomic E-state index is 0.0943. The van der Waals surface area contributed by atoms with Gasteiger partial charge in [-0.15, -0.1) is 11.8 Å². The maximum absolute atomic E-state index is 12.1. The van der Waals surface area contributed by atoms with Crippen LogP contribution in [0.15, 0.2) is 48.5 Å². The number of rotatable bonds is 8. The minimum atomic E-state index is -0.102. The molecule has 0 aliphatic rings. The Balaban J connectivity index is 1.76. The number of benzene rings is 2. The van der Waals surface area contributed by atoms with E-state index >= 15 is 0 Å². The number of aryl methyl sites for hydroxylation is 1. The van der Waals surface area contributed by atoms with E-state index in [4.69, 9.17) is 0 Å². The molecule has 0 heterocycles. The van der Waals surface area contributed by atoms with E-state index < -0.39 is 0 Å². The molecule has 0 radical (unpaired) electrons. The summed E-state index contributed by atoms with van der Waals surface area (Å²) in [6, 6.07) is 15.6. The Morgan fingerprint density at radius 1 is 0.923 bits per heavy atom. The van der Waals surface area contributed by atoms with Crippen LogP contribution in [0.1, 0.15) is 37.8 Å².